The van der Waals surface area contributed by atoms with Gasteiger partial charge in [-0.05, 0) is 38.1 Å². The van der Waals surface area contributed by atoms with Gasteiger partial charge in [0, 0.05) is 23.3 Å². The maximum atomic E-state index is 13.3. The Kier molecular flexibility index (Phi) is 4.83. The number of sulfonamides is 1. The molecule has 30 heavy (non-hydrogen) atoms. The van der Waals surface area contributed by atoms with Crippen LogP contribution in [0, 0.1) is 13.8 Å². The van der Waals surface area contributed by atoms with E-state index in [0.717, 1.165) is 11.1 Å². The summed E-state index contributed by atoms with van der Waals surface area (Å²) in [6, 6.07) is 16.4. The Hall–Kier alpha value is -3.58. The predicted molar refractivity (Wildman–Crippen MR) is 111 cm³/mol. The maximum Gasteiger partial charge on any atom is 0.287 e. The number of nitrogens with zero attached hydrogens (tertiary/aromatic N) is 1. The lowest BCUT2D eigenvalue weighted by atomic mass is 9.89. The highest BCUT2D eigenvalue weighted by atomic mass is 32.2. The van der Waals surface area contributed by atoms with E-state index in [1.54, 1.807) is 67.8 Å². The van der Waals surface area contributed by atoms with Crippen molar-refractivity contribution in [3.63, 3.8) is 0 Å². The average Bonchev–Trinajstić information content (AvgIpc) is 2.73. The predicted octanol–water partition coefficient (Wildman–Crippen LogP) is 2.82. The average molecular weight is 419 g/mol. The first-order chi connectivity index (χ1) is 14.3. The van der Waals surface area contributed by atoms with Gasteiger partial charge in [0.15, 0.2) is 18.1 Å². The van der Waals surface area contributed by atoms with Crippen LogP contribution in [0.15, 0.2) is 83.6 Å². The maximum absolute atomic E-state index is 13.3. The third-order valence-electron chi connectivity index (χ3n) is 4.88. The summed E-state index contributed by atoms with van der Waals surface area (Å²) in [6.07, 6.45) is 3.19. The lowest BCUT2D eigenvalue weighted by molar-refractivity contribution is -0.577. The third kappa shape index (κ3) is 3.44. The van der Waals surface area contributed by atoms with Crippen molar-refractivity contribution in [2.24, 2.45) is 0 Å². The van der Waals surface area contributed by atoms with Crippen molar-refractivity contribution in [1.82, 2.24) is 4.72 Å². The Balaban J connectivity index is 1.91. The van der Waals surface area contributed by atoms with Gasteiger partial charge in [0.1, 0.15) is 0 Å². The summed E-state index contributed by atoms with van der Waals surface area (Å²) in [4.78, 5) is 26.6. The van der Waals surface area contributed by atoms with Crippen LogP contribution >= 0.6 is 0 Å². The van der Waals surface area contributed by atoms with Crippen molar-refractivity contribution < 1.29 is 22.6 Å². The molecule has 0 saturated carbocycles. The first kappa shape index (κ1) is 19.7. The number of aromatic nitrogens is 1. The number of rotatable bonds is 4. The van der Waals surface area contributed by atoms with E-state index in [0.29, 0.717) is 0 Å². The molecular formula is C23H19N2O4S+. The van der Waals surface area contributed by atoms with Gasteiger partial charge in [-0.3, -0.25) is 14.3 Å². The molecule has 7 heteroatoms. The quantitative estimate of drug-likeness (QED) is 0.659. The van der Waals surface area contributed by atoms with Crippen molar-refractivity contribution in [1.29, 1.82) is 0 Å². The van der Waals surface area contributed by atoms with Gasteiger partial charge in [0.2, 0.25) is 5.78 Å². The van der Waals surface area contributed by atoms with Gasteiger partial charge >= 0.3 is 0 Å². The molecule has 0 radical (unpaired) electrons. The first-order valence-electron chi connectivity index (χ1n) is 9.28. The van der Waals surface area contributed by atoms with E-state index in [1.807, 2.05) is 6.92 Å². The van der Waals surface area contributed by atoms with Crippen LogP contribution in [-0.4, -0.2) is 20.0 Å². The van der Waals surface area contributed by atoms with Crippen molar-refractivity contribution >= 4 is 27.3 Å². The number of carbonyl (C=O) groups excluding carboxylic acids is 2. The molecule has 150 valence electrons. The lowest BCUT2D eigenvalue weighted by Gasteiger charge is -2.19. The minimum absolute atomic E-state index is 0.00769. The Morgan fingerprint density at radius 1 is 0.767 bits per heavy atom. The molecule has 1 N–H and O–H groups in total. The highest BCUT2D eigenvalue weighted by molar-refractivity contribution is 7.89. The van der Waals surface area contributed by atoms with E-state index in [2.05, 4.69) is 4.72 Å². The summed E-state index contributed by atoms with van der Waals surface area (Å²) in [6.45, 7) is 3.65. The molecule has 0 fully saturated rings. The smallest absolute Gasteiger partial charge is 0.287 e. The van der Waals surface area contributed by atoms with Crippen molar-refractivity contribution in [2.45, 2.75) is 18.7 Å². The minimum Gasteiger partial charge on any atom is -0.287 e. The Labute approximate surface area is 174 Å². The molecular weight excluding hydrogens is 400 g/mol. The molecule has 0 aliphatic heterocycles. The minimum atomic E-state index is -4.08. The van der Waals surface area contributed by atoms with Gasteiger partial charge in [0.25, 0.3) is 21.5 Å². The van der Waals surface area contributed by atoms with Crippen LogP contribution < -0.4 is 9.29 Å². The molecule has 6 nitrogen and oxygen atoms in total. The Morgan fingerprint density at radius 2 is 1.40 bits per heavy atom. The molecule has 2 aromatic carbocycles. The second-order valence-electron chi connectivity index (χ2n) is 7.13. The first-order valence-corrected chi connectivity index (χ1v) is 10.8. The zero-order valence-corrected chi connectivity index (χ0v) is 17.2. The second-order valence-corrected chi connectivity index (χ2v) is 8.81. The SMILES string of the molecule is Cc1ccc(S(=O)(=O)NC2=C([n+]3ccccc3)C(=O)c3ccc(C)cc3C2=O)cc1. The van der Waals surface area contributed by atoms with E-state index in [9.17, 15) is 18.0 Å². The third-order valence-corrected chi connectivity index (χ3v) is 6.25. The summed E-state index contributed by atoms with van der Waals surface area (Å²) in [5.41, 5.74) is 1.83. The summed E-state index contributed by atoms with van der Waals surface area (Å²) < 4.78 is 29.8. The van der Waals surface area contributed by atoms with Gasteiger partial charge in [-0.25, -0.2) is 8.42 Å². The molecule has 0 unspecified atom stereocenters. The number of pyridine rings is 1. The number of aryl methyl sites for hydroxylation is 2. The summed E-state index contributed by atoms with van der Waals surface area (Å²) in [7, 11) is -4.08. The fourth-order valence-electron chi connectivity index (χ4n) is 3.33. The monoisotopic (exact) mass is 419 g/mol. The topological polar surface area (TPSA) is 84.2 Å². The number of nitrogens with one attached hydrogen (secondary N) is 1. The molecule has 1 heterocycles. The van der Waals surface area contributed by atoms with Crippen LogP contribution in [0.2, 0.25) is 0 Å². The van der Waals surface area contributed by atoms with E-state index >= 15 is 0 Å². The number of fused-ring (bicyclic) bond motifs is 1. The molecule has 1 aliphatic carbocycles. The molecule has 0 saturated heterocycles. The van der Waals surface area contributed by atoms with E-state index in [-0.39, 0.29) is 27.4 Å². The van der Waals surface area contributed by atoms with E-state index in [4.69, 9.17) is 0 Å². The van der Waals surface area contributed by atoms with Crippen molar-refractivity contribution in [3.8, 4) is 0 Å². The summed E-state index contributed by atoms with van der Waals surface area (Å²) in [5, 5.41) is 0. The molecule has 0 bridgehead atoms. The zero-order chi connectivity index (χ0) is 21.5. The highest BCUT2D eigenvalue weighted by Crippen LogP contribution is 2.27. The van der Waals surface area contributed by atoms with E-state index < -0.39 is 21.6 Å². The van der Waals surface area contributed by atoms with Crippen LogP contribution in [-0.2, 0) is 10.0 Å². The standard InChI is InChI=1S/C23H18N2O4S/c1-15-6-9-17(10-7-15)30(28,29)24-20-21(25-12-4-3-5-13-25)23(27)18-11-8-16(2)14-19(18)22(20)26/h3-14H,1-2H3/p+1. The van der Waals surface area contributed by atoms with Gasteiger partial charge in [-0.1, -0.05) is 35.4 Å². The van der Waals surface area contributed by atoms with Gasteiger partial charge < -0.3 is 0 Å². The number of hydrogen-bond donors (Lipinski definition) is 1. The zero-order valence-electron chi connectivity index (χ0n) is 16.4. The van der Waals surface area contributed by atoms with Crippen LogP contribution in [0.5, 0.6) is 0 Å². The summed E-state index contributed by atoms with van der Waals surface area (Å²) >= 11 is 0. The Morgan fingerprint density at radius 3 is 2.07 bits per heavy atom. The Bertz CT molecular complexity index is 1310. The van der Waals surface area contributed by atoms with Crippen molar-refractivity contribution in [2.75, 3.05) is 0 Å². The number of hydrogen-bond acceptors (Lipinski definition) is 4. The number of carbonyl (C=O) groups is 2. The van der Waals surface area contributed by atoms with Crippen molar-refractivity contribution in [3.05, 3.63) is 101 Å². The van der Waals surface area contributed by atoms with Gasteiger partial charge in [-0.15, -0.1) is 0 Å². The molecule has 4 rings (SSSR count). The van der Waals surface area contributed by atoms with Gasteiger partial charge in [-0.2, -0.15) is 4.57 Å². The number of Topliss-reactive ketones (excluding diaryl/α,β-unsaturated/α-hetero) is 2. The highest BCUT2D eigenvalue weighted by Gasteiger charge is 2.40. The largest absolute Gasteiger partial charge is 0.287 e. The van der Waals surface area contributed by atoms with Crippen LogP contribution in [0.3, 0.4) is 0 Å². The van der Waals surface area contributed by atoms with Crippen LogP contribution in [0.25, 0.3) is 5.70 Å². The number of allylic oxidation sites excluding steroid dienone is 2. The molecule has 1 aliphatic rings. The van der Waals surface area contributed by atoms with Gasteiger partial charge in [0.05, 0.1) is 4.90 Å². The number of ketones is 2. The van der Waals surface area contributed by atoms with Crippen LogP contribution in [0.1, 0.15) is 31.8 Å². The number of benzene rings is 2. The van der Waals surface area contributed by atoms with E-state index in [1.165, 1.54) is 16.7 Å². The normalized spacial score (nSPS) is 13.9. The fraction of sp³-hybridized carbons (Fsp3) is 0.0870. The molecule has 0 amide bonds. The summed E-state index contributed by atoms with van der Waals surface area (Å²) in [5.74, 6) is -0.974. The fourth-order valence-corrected chi connectivity index (χ4v) is 4.40. The van der Waals surface area contributed by atoms with Crippen LogP contribution in [0.4, 0.5) is 0 Å². The molecule has 0 spiro atoms. The molecule has 1 aromatic heterocycles. The second kappa shape index (κ2) is 7.35. The lowest BCUT2D eigenvalue weighted by Crippen LogP contribution is -2.44. The molecule has 3 aromatic rings. The molecule has 0 atom stereocenters.